The van der Waals surface area contributed by atoms with Crippen molar-refractivity contribution in [3.8, 4) is 0 Å². The first-order valence-corrected chi connectivity index (χ1v) is 8.39. The summed E-state index contributed by atoms with van der Waals surface area (Å²) in [6.45, 7) is 6.14. The molecule has 4 nitrogen and oxygen atoms in total. The molecule has 2 aliphatic heterocycles. The van der Waals surface area contributed by atoms with Crippen LogP contribution in [0.1, 0.15) is 16.1 Å². The summed E-state index contributed by atoms with van der Waals surface area (Å²) in [6.07, 6.45) is 1.11. The van der Waals surface area contributed by atoms with Gasteiger partial charge in [-0.2, -0.15) is 0 Å². The molecule has 7 heteroatoms. The lowest BCUT2D eigenvalue weighted by atomic mass is 10.2. The molecule has 0 spiro atoms. The lowest BCUT2D eigenvalue weighted by Crippen LogP contribution is -2.49. The van der Waals surface area contributed by atoms with Crippen LogP contribution < -0.4 is 5.32 Å². The Morgan fingerprint density at radius 1 is 1.35 bits per heavy atom. The molecule has 1 atom stereocenters. The third-order valence-electron chi connectivity index (χ3n) is 3.90. The van der Waals surface area contributed by atoms with Crippen LogP contribution in [0.25, 0.3) is 0 Å². The number of nitrogens with one attached hydrogen (secondary N) is 1. The van der Waals surface area contributed by atoms with Gasteiger partial charge in [0.25, 0.3) is 5.91 Å². The number of nitrogens with zero attached hydrogens (tertiary/aromatic N) is 2. The fourth-order valence-corrected chi connectivity index (χ4v) is 4.25. The Balaban J connectivity index is 0.00000147. The van der Waals surface area contributed by atoms with Crippen molar-refractivity contribution >= 4 is 45.6 Å². The van der Waals surface area contributed by atoms with Crippen LogP contribution in [0.15, 0.2) is 15.9 Å². The summed E-state index contributed by atoms with van der Waals surface area (Å²) < 4.78 is 0.999. The molecule has 20 heavy (non-hydrogen) atoms. The molecule has 2 aliphatic rings. The van der Waals surface area contributed by atoms with Gasteiger partial charge in [0.05, 0.1) is 4.88 Å². The predicted molar refractivity (Wildman–Crippen MR) is 88.0 cm³/mol. The van der Waals surface area contributed by atoms with E-state index in [9.17, 15) is 4.79 Å². The van der Waals surface area contributed by atoms with Crippen molar-refractivity contribution in [2.24, 2.45) is 0 Å². The Kier molecular flexibility index (Phi) is 5.86. The SMILES string of the molecule is Cl.O=C(c1cc(Br)cs1)N1CCC(N2CCNCC2)C1. The minimum atomic E-state index is 0. The number of hydrogen-bond acceptors (Lipinski definition) is 4. The number of rotatable bonds is 2. The van der Waals surface area contributed by atoms with Gasteiger partial charge in [0.1, 0.15) is 0 Å². The summed E-state index contributed by atoms with van der Waals surface area (Å²) in [7, 11) is 0. The summed E-state index contributed by atoms with van der Waals surface area (Å²) in [5.41, 5.74) is 0. The number of carbonyl (C=O) groups is 1. The monoisotopic (exact) mass is 379 g/mol. The van der Waals surface area contributed by atoms with Crippen LogP contribution in [0, 0.1) is 0 Å². The molecule has 2 fully saturated rings. The summed E-state index contributed by atoms with van der Waals surface area (Å²) in [5.74, 6) is 0.188. The lowest BCUT2D eigenvalue weighted by molar-refractivity contribution is 0.0778. The van der Waals surface area contributed by atoms with Gasteiger partial charge in [-0.15, -0.1) is 23.7 Å². The van der Waals surface area contributed by atoms with Crippen molar-refractivity contribution in [3.05, 3.63) is 20.8 Å². The molecule has 1 aromatic rings. The molecular formula is C13H19BrClN3OS. The highest BCUT2D eigenvalue weighted by atomic mass is 79.9. The standard InChI is InChI=1S/C13H18BrN3OS.ClH/c14-10-7-12(19-9-10)13(18)17-4-1-11(8-17)16-5-2-15-3-6-16;/h7,9,11,15H,1-6,8H2;1H. The van der Waals surface area contributed by atoms with E-state index in [1.54, 1.807) is 0 Å². The summed E-state index contributed by atoms with van der Waals surface area (Å²) in [4.78, 5) is 17.7. The number of carbonyl (C=O) groups excluding carboxylic acids is 1. The fourth-order valence-electron chi connectivity index (χ4n) is 2.85. The van der Waals surface area contributed by atoms with Crippen LogP contribution in [-0.4, -0.2) is 61.0 Å². The maximum atomic E-state index is 12.4. The van der Waals surface area contributed by atoms with E-state index in [0.29, 0.717) is 6.04 Å². The largest absolute Gasteiger partial charge is 0.336 e. The molecule has 0 bridgehead atoms. The van der Waals surface area contributed by atoms with E-state index in [4.69, 9.17) is 0 Å². The molecule has 1 unspecified atom stereocenters. The predicted octanol–water partition coefficient (Wildman–Crippen LogP) is 2.05. The van der Waals surface area contributed by atoms with E-state index in [2.05, 4.69) is 26.1 Å². The normalized spacial score (nSPS) is 23.6. The molecule has 0 saturated carbocycles. The molecule has 3 rings (SSSR count). The van der Waals surface area contributed by atoms with Crippen molar-refractivity contribution in [2.75, 3.05) is 39.3 Å². The van der Waals surface area contributed by atoms with Gasteiger partial charge in [0.2, 0.25) is 0 Å². The van der Waals surface area contributed by atoms with Gasteiger partial charge in [-0.05, 0) is 28.4 Å². The van der Waals surface area contributed by atoms with Crippen LogP contribution >= 0.6 is 39.7 Å². The number of amides is 1. The molecular weight excluding hydrogens is 362 g/mol. The Bertz CT molecular complexity index is 464. The van der Waals surface area contributed by atoms with E-state index in [1.807, 2.05) is 16.3 Å². The highest BCUT2D eigenvalue weighted by molar-refractivity contribution is 9.10. The molecule has 0 radical (unpaired) electrons. The lowest BCUT2D eigenvalue weighted by Gasteiger charge is -2.32. The molecule has 0 aromatic carbocycles. The fraction of sp³-hybridized carbons (Fsp3) is 0.615. The Labute approximate surface area is 138 Å². The van der Waals surface area contributed by atoms with Crippen molar-refractivity contribution in [3.63, 3.8) is 0 Å². The van der Waals surface area contributed by atoms with Gasteiger partial charge >= 0.3 is 0 Å². The summed E-state index contributed by atoms with van der Waals surface area (Å²) >= 11 is 4.93. The number of halogens is 2. The zero-order valence-corrected chi connectivity index (χ0v) is 14.4. The van der Waals surface area contributed by atoms with E-state index < -0.39 is 0 Å². The second-order valence-electron chi connectivity index (χ2n) is 5.11. The molecule has 1 amide bonds. The molecule has 1 N–H and O–H groups in total. The smallest absolute Gasteiger partial charge is 0.264 e. The highest BCUT2D eigenvalue weighted by Crippen LogP contribution is 2.24. The Morgan fingerprint density at radius 2 is 2.10 bits per heavy atom. The first kappa shape index (κ1) is 16.2. The zero-order valence-electron chi connectivity index (χ0n) is 11.2. The number of thiophene rings is 1. The third kappa shape index (κ3) is 3.54. The molecule has 3 heterocycles. The average Bonchev–Trinajstić information content (AvgIpc) is 3.08. The Hall–Kier alpha value is -0.140. The zero-order chi connectivity index (χ0) is 13.2. The van der Waals surface area contributed by atoms with Crippen molar-refractivity contribution in [1.82, 2.24) is 15.1 Å². The first-order valence-electron chi connectivity index (χ1n) is 6.72. The van der Waals surface area contributed by atoms with E-state index in [0.717, 1.165) is 55.0 Å². The average molecular weight is 381 g/mol. The van der Waals surface area contributed by atoms with Crippen LogP contribution in [0.3, 0.4) is 0 Å². The van der Waals surface area contributed by atoms with Gasteiger partial charge in [-0.3, -0.25) is 9.69 Å². The first-order chi connectivity index (χ1) is 9.24. The van der Waals surface area contributed by atoms with Crippen LogP contribution in [0.5, 0.6) is 0 Å². The van der Waals surface area contributed by atoms with E-state index >= 15 is 0 Å². The van der Waals surface area contributed by atoms with Gasteiger partial charge < -0.3 is 10.2 Å². The van der Waals surface area contributed by atoms with Crippen LogP contribution in [-0.2, 0) is 0 Å². The second-order valence-corrected chi connectivity index (χ2v) is 6.94. The summed E-state index contributed by atoms with van der Waals surface area (Å²) in [6, 6.07) is 2.47. The highest BCUT2D eigenvalue weighted by Gasteiger charge is 2.31. The minimum absolute atomic E-state index is 0. The van der Waals surface area contributed by atoms with Gasteiger partial charge in [-0.25, -0.2) is 0 Å². The number of likely N-dealkylation sites (tertiary alicyclic amines) is 1. The van der Waals surface area contributed by atoms with Gasteiger partial charge in [-0.1, -0.05) is 0 Å². The maximum Gasteiger partial charge on any atom is 0.264 e. The van der Waals surface area contributed by atoms with Crippen LogP contribution in [0.4, 0.5) is 0 Å². The molecule has 2 saturated heterocycles. The van der Waals surface area contributed by atoms with Crippen molar-refractivity contribution in [2.45, 2.75) is 12.5 Å². The maximum absolute atomic E-state index is 12.4. The Morgan fingerprint density at radius 3 is 2.75 bits per heavy atom. The van der Waals surface area contributed by atoms with E-state index in [1.165, 1.54) is 11.3 Å². The minimum Gasteiger partial charge on any atom is -0.336 e. The van der Waals surface area contributed by atoms with Gasteiger partial charge in [0, 0.05) is 55.2 Å². The number of piperazine rings is 1. The quantitative estimate of drug-likeness (QED) is 0.853. The molecule has 0 aliphatic carbocycles. The van der Waals surface area contributed by atoms with E-state index in [-0.39, 0.29) is 18.3 Å². The van der Waals surface area contributed by atoms with Crippen molar-refractivity contribution < 1.29 is 4.79 Å². The second kappa shape index (κ2) is 7.22. The summed E-state index contributed by atoms with van der Waals surface area (Å²) in [5, 5.41) is 5.34. The third-order valence-corrected chi connectivity index (χ3v) is 5.58. The van der Waals surface area contributed by atoms with Crippen LogP contribution in [0.2, 0.25) is 0 Å². The molecule has 112 valence electrons. The number of hydrogen-bond donors (Lipinski definition) is 1. The van der Waals surface area contributed by atoms with Crippen molar-refractivity contribution in [1.29, 1.82) is 0 Å². The topological polar surface area (TPSA) is 35.6 Å². The van der Waals surface area contributed by atoms with Gasteiger partial charge in [0.15, 0.2) is 0 Å². The molecule has 1 aromatic heterocycles.